The van der Waals surface area contributed by atoms with Crippen LogP contribution in [0.1, 0.15) is 32.3 Å². The maximum absolute atomic E-state index is 13.7. The summed E-state index contributed by atoms with van der Waals surface area (Å²) in [6.45, 7) is 5.60. The average Bonchev–Trinajstić information content (AvgIpc) is 3.18. The zero-order chi connectivity index (χ0) is 22.1. The third-order valence-corrected chi connectivity index (χ3v) is 6.28. The van der Waals surface area contributed by atoms with E-state index in [4.69, 9.17) is 9.72 Å². The summed E-state index contributed by atoms with van der Waals surface area (Å²) in [6.07, 6.45) is 0. The molecule has 3 aromatic rings. The quantitative estimate of drug-likeness (QED) is 0.556. The second-order valence-electron chi connectivity index (χ2n) is 7.19. The van der Waals surface area contributed by atoms with E-state index in [0.717, 1.165) is 10.3 Å². The van der Waals surface area contributed by atoms with Crippen LogP contribution in [0.3, 0.4) is 0 Å². The summed E-state index contributed by atoms with van der Waals surface area (Å²) in [7, 11) is 0. The maximum atomic E-state index is 13.7. The van der Waals surface area contributed by atoms with Crippen LogP contribution < -0.4 is 5.32 Å². The van der Waals surface area contributed by atoms with E-state index in [1.807, 2.05) is 31.2 Å². The number of nitrogens with zero attached hydrogens (tertiary/aromatic N) is 2. The van der Waals surface area contributed by atoms with E-state index >= 15 is 0 Å². The van der Waals surface area contributed by atoms with Crippen LogP contribution in [0.2, 0.25) is 0 Å². The number of benzene rings is 2. The van der Waals surface area contributed by atoms with Crippen LogP contribution in [0, 0.1) is 17.1 Å². The number of rotatable bonds is 4. The number of nitrogens with one attached hydrogen (secondary N) is 1. The molecule has 0 fully saturated rings. The van der Waals surface area contributed by atoms with Gasteiger partial charge in [-0.3, -0.25) is 0 Å². The molecule has 0 aliphatic carbocycles. The van der Waals surface area contributed by atoms with Gasteiger partial charge in [-0.15, -0.1) is 11.3 Å². The number of fused-ring (bicyclic) bond motifs is 1. The number of hydrogen-bond acceptors (Lipinski definition) is 6. The van der Waals surface area contributed by atoms with Crippen molar-refractivity contribution in [1.29, 1.82) is 5.26 Å². The number of aromatic nitrogens is 1. The van der Waals surface area contributed by atoms with Crippen molar-refractivity contribution < 1.29 is 13.9 Å². The van der Waals surface area contributed by atoms with Crippen molar-refractivity contribution in [3.05, 3.63) is 76.4 Å². The third-order valence-electron chi connectivity index (χ3n) is 5.21. The topological polar surface area (TPSA) is 75.0 Å². The first kappa shape index (κ1) is 20.8. The fraction of sp³-hybridized carbons (Fsp3) is 0.208. The fourth-order valence-electron chi connectivity index (χ4n) is 3.88. The molecule has 0 amide bonds. The molecule has 0 spiro atoms. The van der Waals surface area contributed by atoms with E-state index in [2.05, 4.69) is 11.4 Å². The lowest BCUT2D eigenvalue weighted by molar-refractivity contribution is -0.138. The minimum atomic E-state index is -0.601. The minimum absolute atomic E-state index is 0.234. The Bertz CT molecular complexity index is 1300. The number of para-hydroxylation sites is 1. The van der Waals surface area contributed by atoms with Crippen LogP contribution >= 0.6 is 11.3 Å². The van der Waals surface area contributed by atoms with Crippen molar-refractivity contribution in [2.75, 3.05) is 6.61 Å². The number of ether oxygens (including phenoxy) is 1. The number of nitriles is 1. The number of allylic oxidation sites excluding steroid dienone is 3. The van der Waals surface area contributed by atoms with Crippen molar-refractivity contribution in [2.45, 2.75) is 26.7 Å². The Morgan fingerprint density at radius 3 is 2.74 bits per heavy atom. The lowest BCUT2D eigenvalue weighted by Gasteiger charge is -2.28. The van der Waals surface area contributed by atoms with E-state index in [1.165, 1.54) is 23.5 Å². The van der Waals surface area contributed by atoms with Crippen molar-refractivity contribution >= 4 is 27.5 Å². The van der Waals surface area contributed by atoms with Gasteiger partial charge in [-0.1, -0.05) is 24.3 Å². The Morgan fingerprint density at radius 2 is 2.03 bits per heavy atom. The predicted octanol–water partition coefficient (Wildman–Crippen LogP) is 5.42. The molecule has 0 bridgehead atoms. The highest BCUT2D eigenvalue weighted by atomic mass is 32.1. The highest BCUT2D eigenvalue weighted by molar-refractivity contribution is 7.21. The first-order valence-corrected chi connectivity index (χ1v) is 10.7. The molecule has 0 radical (unpaired) electrons. The monoisotopic (exact) mass is 433 g/mol. The lowest BCUT2D eigenvalue weighted by Crippen LogP contribution is -2.28. The zero-order valence-electron chi connectivity index (χ0n) is 17.3. The van der Waals surface area contributed by atoms with Crippen molar-refractivity contribution in [1.82, 2.24) is 10.3 Å². The molecule has 1 aliphatic heterocycles. The summed E-state index contributed by atoms with van der Waals surface area (Å²) < 4.78 is 19.9. The summed E-state index contributed by atoms with van der Waals surface area (Å²) in [5.74, 6) is -1.39. The molecule has 31 heavy (non-hydrogen) atoms. The van der Waals surface area contributed by atoms with Crippen LogP contribution in [0.5, 0.6) is 0 Å². The average molecular weight is 434 g/mol. The molecule has 1 atom stereocenters. The van der Waals surface area contributed by atoms with Gasteiger partial charge in [0.05, 0.1) is 40.0 Å². The molecule has 5 nitrogen and oxygen atoms in total. The zero-order valence-corrected chi connectivity index (χ0v) is 18.1. The van der Waals surface area contributed by atoms with Crippen molar-refractivity contribution in [2.24, 2.45) is 0 Å². The molecule has 7 heteroatoms. The largest absolute Gasteiger partial charge is 0.463 e. The molecule has 0 saturated heterocycles. The van der Waals surface area contributed by atoms with Crippen molar-refractivity contribution in [3.8, 4) is 16.6 Å². The first-order chi connectivity index (χ1) is 14.9. The Balaban J connectivity index is 1.93. The number of carbonyl (C=O) groups excluding carboxylic acids is 1. The van der Waals surface area contributed by atoms with Crippen LogP contribution in [-0.4, -0.2) is 17.6 Å². The van der Waals surface area contributed by atoms with Crippen LogP contribution in [0.15, 0.2) is 65.0 Å². The summed E-state index contributed by atoms with van der Waals surface area (Å²) in [5, 5.41) is 13.7. The number of dihydropyridines is 1. The minimum Gasteiger partial charge on any atom is -0.463 e. The maximum Gasteiger partial charge on any atom is 0.336 e. The highest BCUT2D eigenvalue weighted by Gasteiger charge is 2.35. The van der Waals surface area contributed by atoms with E-state index in [-0.39, 0.29) is 12.4 Å². The first-order valence-electron chi connectivity index (χ1n) is 9.85. The van der Waals surface area contributed by atoms with E-state index in [9.17, 15) is 14.4 Å². The SMILES string of the molecule is CCOC(=O)C1=C(C)NC(C)=C(C#N)C1c1cccc2sc(-c3cccc(F)c3)nc12. The number of thiazole rings is 1. The van der Waals surface area contributed by atoms with Gasteiger partial charge in [-0.2, -0.15) is 5.26 Å². The Morgan fingerprint density at radius 1 is 1.26 bits per heavy atom. The van der Waals surface area contributed by atoms with Crippen molar-refractivity contribution in [3.63, 3.8) is 0 Å². The van der Waals surface area contributed by atoms with Crippen LogP contribution in [0.4, 0.5) is 4.39 Å². The molecule has 1 aromatic heterocycles. The molecule has 156 valence electrons. The molecule has 2 aromatic carbocycles. The molecule has 1 N–H and O–H groups in total. The Hall–Kier alpha value is -3.50. The summed E-state index contributed by atoms with van der Waals surface area (Å²) in [4.78, 5) is 17.6. The lowest BCUT2D eigenvalue weighted by atomic mass is 9.80. The van der Waals surface area contributed by atoms with E-state index in [0.29, 0.717) is 38.6 Å². The summed E-state index contributed by atoms with van der Waals surface area (Å²) in [5.41, 5.74) is 4.30. The molecular formula is C24H20FN3O2S. The van der Waals surface area contributed by atoms with Gasteiger partial charge >= 0.3 is 5.97 Å². The van der Waals surface area contributed by atoms with Gasteiger partial charge in [-0.25, -0.2) is 14.2 Å². The molecule has 4 rings (SSSR count). The van der Waals surface area contributed by atoms with Gasteiger partial charge in [0, 0.05) is 17.0 Å². The van der Waals surface area contributed by atoms with Crippen LogP contribution in [-0.2, 0) is 9.53 Å². The number of hydrogen-bond donors (Lipinski definition) is 1. The Labute approximate surface area is 183 Å². The summed E-state index contributed by atoms with van der Waals surface area (Å²) in [6, 6.07) is 14.3. The smallest absolute Gasteiger partial charge is 0.336 e. The normalized spacial score (nSPS) is 16.3. The number of halogens is 1. The molecule has 1 unspecified atom stereocenters. The van der Waals surface area contributed by atoms with E-state index in [1.54, 1.807) is 19.9 Å². The van der Waals surface area contributed by atoms with Crippen LogP contribution in [0.25, 0.3) is 20.8 Å². The standard InChI is InChI=1S/C24H20FN3O2S/c1-4-30-24(29)20-14(3)27-13(2)18(12-26)21(20)17-9-6-10-19-22(17)28-23(31-19)15-7-5-8-16(25)11-15/h5-11,21,27H,4H2,1-3H3. The number of esters is 1. The van der Waals surface area contributed by atoms with Gasteiger partial charge in [0.2, 0.25) is 0 Å². The number of carbonyl (C=O) groups is 1. The second-order valence-corrected chi connectivity index (χ2v) is 8.22. The molecule has 0 saturated carbocycles. The van der Waals surface area contributed by atoms with Gasteiger partial charge in [0.1, 0.15) is 10.8 Å². The second kappa shape index (κ2) is 8.32. The van der Waals surface area contributed by atoms with Gasteiger partial charge in [-0.05, 0) is 44.5 Å². The predicted molar refractivity (Wildman–Crippen MR) is 119 cm³/mol. The summed E-state index contributed by atoms with van der Waals surface area (Å²) >= 11 is 1.44. The van der Waals surface area contributed by atoms with Gasteiger partial charge in [0.15, 0.2) is 0 Å². The highest BCUT2D eigenvalue weighted by Crippen LogP contribution is 2.42. The Kier molecular flexibility index (Phi) is 5.57. The van der Waals surface area contributed by atoms with Gasteiger partial charge < -0.3 is 10.1 Å². The molecular weight excluding hydrogens is 413 g/mol. The van der Waals surface area contributed by atoms with E-state index < -0.39 is 11.9 Å². The third kappa shape index (κ3) is 3.71. The molecule has 2 heterocycles. The fourth-order valence-corrected chi connectivity index (χ4v) is 4.88. The van der Waals surface area contributed by atoms with Gasteiger partial charge in [0.25, 0.3) is 0 Å². The molecule has 1 aliphatic rings.